The summed E-state index contributed by atoms with van der Waals surface area (Å²) < 4.78 is 0. The molecule has 0 aromatic heterocycles. The molecular formula is C21H28. The average Bonchev–Trinajstić information content (AvgIpc) is 2.89. The van der Waals surface area contributed by atoms with E-state index in [9.17, 15) is 0 Å². The molecule has 2 rings (SSSR count). The lowest BCUT2D eigenvalue weighted by molar-refractivity contribution is 0.480. The SMILES string of the molecule is C=C(CC(C)CC)C(C)C1C=C(c2ccccc2)C=C1C. The van der Waals surface area contributed by atoms with Crippen molar-refractivity contribution in [1.29, 1.82) is 0 Å². The number of allylic oxidation sites excluding steroid dienone is 5. The Bertz CT molecular complexity index is 545. The molecule has 112 valence electrons. The lowest BCUT2D eigenvalue weighted by Crippen LogP contribution is -2.13. The van der Waals surface area contributed by atoms with Gasteiger partial charge in [-0.25, -0.2) is 0 Å². The van der Waals surface area contributed by atoms with E-state index < -0.39 is 0 Å². The average molecular weight is 280 g/mol. The summed E-state index contributed by atoms with van der Waals surface area (Å²) in [5.74, 6) is 1.77. The van der Waals surface area contributed by atoms with E-state index in [2.05, 4.69) is 76.8 Å². The Hall–Kier alpha value is -1.56. The van der Waals surface area contributed by atoms with Crippen LogP contribution in [0.5, 0.6) is 0 Å². The molecule has 0 fully saturated rings. The summed E-state index contributed by atoms with van der Waals surface area (Å²) in [6.45, 7) is 13.5. The molecule has 3 atom stereocenters. The molecule has 0 heteroatoms. The van der Waals surface area contributed by atoms with E-state index in [1.807, 2.05) is 0 Å². The second kappa shape index (κ2) is 6.93. The van der Waals surface area contributed by atoms with Crippen LogP contribution in [0.1, 0.15) is 46.1 Å². The predicted molar refractivity (Wildman–Crippen MR) is 94.0 cm³/mol. The summed E-state index contributed by atoms with van der Waals surface area (Å²) in [4.78, 5) is 0. The smallest absolute Gasteiger partial charge is 0.00493 e. The summed E-state index contributed by atoms with van der Waals surface area (Å²) in [5.41, 5.74) is 5.54. The molecular weight excluding hydrogens is 252 g/mol. The second-order valence-electron chi connectivity index (χ2n) is 6.57. The zero-order valence-corrected chi connectivity index (χ0v) is 13.9. The number of rotatable bonds is 6. The summed E-state index contributed by atoms with van der Waals surface area (Å²) in [6.07, 6.45) is 7.15. The Balaban J connectivity index is 2.13. The lowest BCUT2D eigenvalue weighted by Gasteiger charge is -2.23. The van der Waals surface area contributed by atoms with E-state index in [4.69, 9.17) is 0 Å². The minimum absolute atomic E-state index is 0.511. The van der Waals surface area contributed by atoms with Crippen molar-refractivity contribution < 1.29 is 0 Å². The van der Waals surface area contributed by atoms with Gasteiger partial charge in [-0.05, 0) is 36.3 Å². The van der Waals surface area contributed by atoms with Gasteiger partial charge >= 0.3 is 0 Å². The highest BCUT2D eigenvalue weighted by Gasteiger charge is 2.24. The topological polar surface area (TPSA) is 0 Å². The third kappa shape index (κ3) is 3.75. The Morgan fingerprint density at radius 1 is 1.19 bits per heavy atom. The van der Waals surface area contributed by atoms with Gasteiger partial charge in [0.25, 0.3) is 0 Å². The lowest BCUT2D eigenvalue weighted by atomic mass is 9.81. The molecule has 0 nitrogen and oxygen atoms in total. The fraction of sp³-hybridized carbons (Fsp3) is 0.429. The quantitative estimate of drug-likeness (QED) is 0.538. The molecule has 1 aromatic rings. The van der Waals surface area contributed by atoms with Crippen molar-refractivity contribution in [2.24, 2.45) is 17.8 Å². The van der Waals surface area contributed by atoms with Crippen molar-refractivity contribution in [2.75, 3.05) is 0 Å². The Labute approximate surface area is 130 Å². The molecule has 3 unspecified atom stereocenters. The van der Waals surface area contributed by atoms with Crippen molar-refractivity contribution in [3.8, 4) is 0 Å². The minimum atomic E-state index is 0.511. The first kappa shape index (κ1) is 15.8. The van der Waals surface area contributed by atoms with E-state index in [1.165, 1.54) is 28.7 Å². The first-order chi connectivity index (χ1) is 10.0. The number of hydrogen-bond acceptors (Lipinski definition) is 0. The monoisotopic (exact) mass is 280 g/mol. The van der Waals surface area contributed by atoms with Crippen LogP contribution in [0.3, 0.4) is 0 Å². The maximum absolute atomic E-state index is 4.36. The van der Waals surface area contributed by atoms with Gasteiger partial charge in [0.15, 0.2) is 0 Å². The van der Waals surface area contributed by atoms with Crippen molar-refractivity contribution in [2.45, 2.75) is 40.5 Å². The molecule has 0 amide bonds. The summed E-state index contributed by atoms with van der Waals surface area (Å²) in [7, 11) is 0. The standard InChI is InChI=1S/C21H28/c1-6-15(2)12-16(3)18(5)21-14-20(13-17(21)4)19-10-8-7-9-11-19/h7-11,13-15,18,21H,3,6,12H2,1-2,4-5H3. The van der Waals surface area contributed by atoms with E-state index in [-0.39, 0.29) is 0 Å². The molecule has 0 spiro atoms. The Kier molecular flexibility index (Phi) is 5.22. The first-order valence-electron chi connectivity index (χ1n) is 8.16. The van der Waals surface area contributed by atoms with Crippen molar-refractivity contribution in [1.82, 2.24) is 0 Å². The van der Waals surface area contributed by atoms with Crippen LogP contribution < -0.4 is 0 Å². The van der Waals surface area contributed by atoms with Gasteiger partial charge in [0.2, 0.25) is 0 Å². The molecule has 0 heterocycles. The van der Waals surface area contributed by atoms with Gasteiger partial charge in [0.05, 0.1) is 0 Å². The molecule has 0 bridgehead atoms. The highest BCUT2D eigenvalue weighted by atomic mass is 14.3. The fourth-order valence-corrected chi connectivity index (χ4v) is 3.10. The van der Waals surface area contributed by atoms with Gasteiger partial charge in [-0.2, -0.15) is 0 Å². The molecule has 0 N–H and O–H groups in total. The summed E-state index contributed by atoms with van der Waals surface area (Å²) in [5, 5.41) is 0. The van der Waals surface area contributed by atoms with Crippen molar-refractivity contribution >= 4 is 5.57 Å². The second-order valence-corrected chi connectivity index (χ2v) is 6.57. The van der Waals surface area contributed by atoms with Gasteiger partial charge in [-0.3, -0.25) is 0 Å². The van der Waals surface area contributed by atoms with Crippen LogP contribution in [0, 0.1) is 17.8 Å². The maximum atomic E-state index is 4.36. The van der Waals surface area contributed by atoms with Gasteiger partial charge in [-0.1, -0.05) is 87.4 Å². The maximum Gasteiger partial charge on any atom is 0.00493 e. The predicted octanol–water partition coefficient (Wildman–Crippen LogP) is 6.27. The highest BCUT2D eigenvalue weighted by molar-refractivity contribution is 5.78. The van der Waals surface area contributed by atoms with Crippen LogP contribution in [-0.2, 0) is 0 Å². The number of benzene rings is 1. The third-order valence-electron chi connectivity index (χ3n) is 4.87. The zero-order chi connectivity index (χ0) is 15.4. The minimum Gasteiger partial charge on any atom is -0.0995 e. The van der Waals surface area contributed by atoms with Gasteiger partial charge in [-0.15, -0.1) is 0 Å². The van der Waals surface area contributed by atoms with Gasteiger partial charge in [0, 0.05) is 5.92 Å². The molecule has 0 saturated carbocycles. The van der Waals surface area contributed by atoms with Crippen LogP contribution in [0.15, 0.2) is 60.2 Å². The third-order valence-corrected chi connectivity index (χ3v) is 4.87. The van der Waals surface area contributed by atoms with E-state index in [0.717, 1.165) is 12.3 Å². The van der Waals surface area contributed by atoms with Crippen LogP contribution in [-0.4, -0.2) is 0 Å². The van der Waals surface area contributed by atoms with E-state index >= 15 is 0 Å². The summed E-state index contributed by atoms with van der Waals surface area (Å²) in [6, 6.07) is 10.7. The normalized spacial score (nSPS) is 20.7. The molecule has 21 heavy (non-hydrogen) atoms. The number of hydrogen-bond donors (Lipinski definition) is 0. The first-order valence-corrected chi connectivity index (χ1v) is 8.16. The van der Waals surface area contributed by atoms with Gasteiger partial charge < -0.3 is 0 Å². The molecule has 0 saturated heterocycles. The Morgan fingerprint density at radius 2 is 1.86 bits per heavy atom. The Morgan fingerprint density at radius 3 is 2.48 bits per heavy atom. The van der Waals surface area contributed by atoms with Crippen LogP contribution in [0.25, 0.3) is 5.57 Å². The summed E-state index contributed by atoms with van der Waals surface area (Å²) >= 11 is 0. The van der Waals surface area contributed by atoms with E-state index in [0.29, 0.717) is 11.8 Å². The molecule has 1 aliphatic carbocycles. The van der Waals surface area contributed by atoms with Crippen LogP contribution in [0.2, 0.25) is 0 Å². The largest absolute Gasteiger partial charge is 0.0995 e. The van der Waals surface area contributed by atoms with E-state index in [1.54, 1.807) is 0 Å². The van der Waals surface area contributed by atoms with Crippen LogP contribution >= 0.6 is 0 Å². The molecule has 0 aliphatic heterocycles. The van der Waals surface area contributed by atoms with Crippen molar-refractivity contribution in [3.63, 3.8) is 0 Å². The van der Waals surface area contributed by atoms with Crippen molar-refractivity contribution in [3.05, 3.63) is 65.8 Å². The molecule has 1 aromatic carbocycles. The zero-order valence-electron chi connectivity index (χ0n) is 13.9. The molecule has 0 radical (unpaired) electrons. The molecule has 1 aliphatic rings. The van der Waals surface area contributed by atoms with Crippen LogP contribution in [0.4, 0.5) is 0 Å². The highest BCUT2D eigenvalue weighted by Crippen LogP contribution is 2.38. The van der Waals surface area contributed by atoms with Gasteiger partial charge in [0.1, 0.15) is 0 Å². The fourth-order valence-electron chi connectivity index (χ4n) is 3.10.